The van der Waals surface area contributed by atoms with Crippen LogP contribution < -0.4 is 5.32 Å². The van der Waals surface area contributed by atoms with Crippen LogP contribution in [0, 0.1) is 0 Å². The van der Waals surface area contributed by atoms with E-state index >= 15 is 0 Å². The monoisotopic (exact) mass is 496 g/mol. The third-order valence-corrected chi connectivity index (χ3v) is 6.86. The van der Waals surface area contributed by atoms with Crippen molar-refractivity contribution in [3.63, 3.8) is 0 Å². The molecule has 1 aliphatic carbocycles. The van der Waals surface area contributed by atoms with Gasteiger partial charge in [0.05, 0.1) is 12.5 Å². The van der Waals surface area contributed by atoms with Gasteiger partial charge in [-0.3, -0.25) is 10.1 Å². The van der Waals surface area contributed by atoms with Gasteiger partial charge in [-0.05, 0) is 42.0 Å². The van der Waals surface area contributed by atoms with Crippen LogP contribution in [-0.4, -0.2) is 34.2 Å². The smallest absolute Gasteiger partial charge is 0.413 e. The molecule has 1 aromatic heterocycles. The van der Waals surface area contributed by atoms with Gasteiger partial charge >= 0.3 is 12.1 Å². The number of amides is 1. The average Bonchev–Trinajstić information content (AvgIpc) is 3.67. The molecular formula is C29H28N4O4. The van der Waals surface area contributed by atoms with Crippen molar-refractivity contribution in [3.8, 4) is 22.4 Å². The number of nitrogens with zero attached hydrogens (tertiary/aromatic N) is 3. The molecular weight excluding hydrogens is 468 g/mol. The van der Waals surface area contributed by atoms with E-state index in [1.165, 1.54) is 7.11 Å². The normalized spacial score (nSPS) is 14.5. The number of rotatable bonds is 7. The zero-order chi connectivity index (χ0) is 26.0. The number of esters is 1. The highest BCUT2D eigenvalue weighted by Crippen LogP contribution is 2.49. The van der Waals surface area contributed by atoms with Crippen LogP contribution in [0.5, 0.6) is 0 Å². The molecule has 0 bridgehead atoms. The predicted octanol–water partition coefficient (Wildman–Crippen LogP) is 5.66. The lowest BCUT2D eigenvalue weighted by atomic mass is 9.93. The first-order chi connectivity index (χ1) is 17.9. The summed E-state index contributed by atoms with van der Waals surface area (Å²) in [7, 11) is 3.21. The van der Waals surface area contributed by atoms with Gasteiger partial charge in [0.15, 0.2) is 5.82 Å². The second-order valence-corrected chi connectivity index (χ2v) is 9.22. The van der Waals surface area contributed by atoms with Gasteiger partial charge in [-0.25, -0.2) is 9.48 Å². The predicted molar refractivity (Wildman–Crippen MR) is 140 cm³/mol. The fourth-order valence-corrected chi connectivity index (χ4v) is 4.58. The van der Waals surface area contributed by atoms with Gasteiger partial charge in [-0.2, -0.15) is 0 Å². The number of hydrogen-bond donors (Lipinski definition) is 1. The maximum absolute atomic E-state index is 12.6. The molecule has 0 unspecified atom stereocenters. The highest BCUT2D eigenvalue weighted by Gasteiger charge is 2.52. The first-order valence-electron chi connectivity index (χ1n) is 12.1. The molecule has 1 heterocycles. The summed E-state index contributed by atoms with van der Waals surface area (Å²) in [6.45, 7) is 1.82. The van der Waals surface area contributed by atoms with E-state index in [1.54, 1.807) is 11.7 Å². The molecule has 1 fully saturated rings. The Hall–Kier alpha value is -4.46. The zero-order valence-electron chi connectivity index (χ0n) is 21.0. The fraction of sp³-hybridized carbons (Fsp3) is 0.241. The summed E-state index contributed by atoms with van der Waals surface area (Å²) in [6.07, 6.45) is 0.632. The summed E-state index contributed by atoms with van der Waals surface area (Å²) in [5, 5.41) is 10.9. The van der Waals surface area contributed by atoms with Crippen molar-refractivity contribution >= 4 is 17.9 Å². The molecule has 1 aliphatic rings. The molecule has 8 nitrogen and oxygen atoms in total. The number of ether oxygens (including phenoxy) is 2. The quantitative estimate of drug-likeness (QED) is 0.332. The van der Waals surface area contributed by atoms with Crippen LogP contribution in [0.2, 0.25) is 0 Å². The van der Waals surface area contributed by atoms with Crippen LogP contribution >= 0.6 is 0 Å². The average molecular weight is 497 g/mol. The van der Waals surface area contributed by atoms with Crippen LogP contribution in [-0.2, 0) is 26.7 Å². The lowest BCUT2D eigenvalue weighted by Gasteiger charge is -2.14. The second kappa shape index (κ2) is 9.89. The molecule has 0 aliphatic heterocycles. The Balaban J connectivity index is 1.30. The van der Waals surface area contributed by atoms with Crippen molar-refractivity contribution in [2.24, 2.45) is 7.05 Å². The summed E-state index contributed by atoms with van der Waals surface area (Å²) < 4.78 is 12.1. The van der Waals surface area contributed by atoms with E-state index in [1.807, 2.05) is 85.8 Å². The minimum atomic E-state index is -0.602. The maximum Gasteiger partial charge on any atom is 0.413 e. The third-order valence-electron chi connectivity index (χ3n) is 6.86. The van der Waals surface area contributed by atoms with Crippen LogP contribution in [0.1, 0.15) is 37.0 Å². The molecule has 0 saturated heterocycles. The summed E-state index contributed by atoms with van der Waals surface area (Å²) in [5.41, 5.74) is 4.99. The molecule has 5 rings (SSSR count). The first kappa shape index (κ1) is 24.2. The Morgan fingerprint density at radius 3 is 2.11 bits per heavy atom. The number of aromatic nitrogens is 3. The number of aryl methyl sites for hydroxylation is 1. The van der Waals surface area contributed by atoms with E-state index in [4.69, 9.17) is 9.47 Å². The number of carbonyl (C=O) groups is 2. The van der Waals surface area contributed by atoms with Crippen LogP contribution in [0.3, 0.4) is 0 Å². The van der Waals surface area contributed by atoms with Crippen molar-refractivity contribution in [1.29, 1.82) is 0 Å². The number of methoxy groups -OCH3 is 1. The van der Waals surface area contributed by atoms with Gasteiger partial charge in [0.2, 0.25) is 0 Å². The second-order valence-electron chi connectivity index (χ2n) is 9.22. The van der Waals surface area contributed by atoms with Crippen LogP contribution in [0.25, 0.3) is 22.4 Å². The van der Waals surface area contributed by atoms with Crippen molar-refractivity contribution in [1.82, 2.24) is 15.0 Å². The van der Waals surface area contributed by atoms with Gasteiger partial charge in [-0.1, -0.05) is 84.1 Å². The van der Waals surface area contributed by atoms with E-state index in [9.17, 15) is 9.59 Å². The van der Waals surface area contributed by atoms with Crippen molar-refractivity contribution in [2.45, 2.75) is 31.3 Å². The molecule has 8 heteroatoms. The van der Waals surface area contributed by atoms with Gasteiger partial charge in [0.1, 0.15) is 11.8 Å². The topological polar surface area (TPSA) is 95.3 Å². The molecule has 1 atom stereocenters. The van der Waals surface area contributed by atoms with E-state index in [2.05, 4.69) is 15.6 Å². The summed E-state index contributed by atoms with van der Waals surface area (Å²) in [6, 6.07) is 25.5. The fourth-order valence-electron chi connectivity index (χ4n) is 4.58. The van der Waals surface area contributed by atoms with E-state index < -0.39 is 17.6 Å². The molecule has 1 amide bonds. The highest BCUT2D eigenvalue weighted by atomic mass is 16.6. The number of carbonyl (C=O) groups excluding carboxylic acids is 2. The zero-order valence-corrected chi connectivity index (χ0v) is 21.0. The summed E-state index contributed by atoms with van der Waals surface area (Å²) >= 11 is 0. The minimum absolute atomic E-state index is 0.169. The van der Waals surface area contributed by atoms with Gasteiger partial charge in [0, 0.05) is 12.6 Å². The molecule has 0 spiro atoms. The Labute approximate surface area is 215 Å². The molecule has 188 valence electrons. The van der Waals surface area contributed by atoms with Crippen molar-refractivity contribution in [2.75, 3.05) is 12.4 Å². The Morgan fingerprint density at radius 2 is 1.51 bits per heavy atom. The molecule has 3 aromatic carbocycles. The molecule has 0 radical (unpaired) electrons. The Bertz CT molecular complexity index is 1410. The van der Waals surface area contributed by atoms with Crippen LogP contribution in [0.15, 0.2) is 78.9 Å². The molecule has 4 aromatic rings. The summed E-state index contributed by atoms with van der Waals surface area (Å²) in [4.78, 5) is 24.7. The number of hydrogen-bond acceptors (Lipinski definition) is 6. The Kier molecular flexibility index (Phi) is 6.48. The lowest BCUT2D eigenvalue weighted by molar-refractivity contribution is -0.143. The largest absolute Gasteiger partial charge is 0.468 e. The van der Waals surface area contributed by atoms with Gasteiger partial charge in [0.25, 0.3) is 0 Å². The third kappa shape index (κ3) is 4.82. The standard InChI is InChI=1S/C29H28N4O4/c1-19(20-7-5-4-6-8-20)37-28(35)30-26-25(33(2)32-31-26)23-11-9-21(10-12-23)22-13-15-24(16-14-22)29(17-18-29)27(34)36-3/h4-16,19H,17-18H2,1-3H3,(H,30,35)/t19-/m1/s1. The van der Waals surface area contributed by atoms with Crippen molar-refractivity contribution < 1.29 is 19.1 Å². The van der Waals surface area contributed by atoms with E-state index in [0.29, 0.717) is 11.5 Å². The van der Waals surface area contributed by atoms with E-state index in [-0.39, 0.29) is 5.97 Å². The SMILES string of the molecule is COC(=O)C1(c2ccc(-c3ccc(-c4c(NC(=O)O[C@H](C)c5ccccc5)nnn4C)cc3)cc2)CC1. The minimum Gasteiger partial charge on any atom is -0.468 e. The highest BCUT2D eigenvalue weighted by molar-refractivity contribution is 5.89. The molecule has 1 N–H and O–H groups in total. The summed E-state index contributed by atoms with van der Waals surface area (Å²) in [5.74, 6) is 0.152. The molecule has 37 heavy (non-hydrogen) atoms. The van der Waals surface area contributed by atoms with Gasteiger partial charge in [-0.15, -0.1) is 5.10 Å². The van der Waals surface area contributed by atoms with Crippen LogP contribution in [0.4, 0.5) is 10.6 Å². The number of anilines is 1. The Morgan fingerprint density at radius 1 is 0.919 bits per heavy atom. The lowest BCUT2D eigenvalue weighted by Crippen LogP contribution is -2.21. The van der Waals surface area contributed by atoms with Gasteiger partial charge < -0.3 is 9.47 Å². The first-order valence-corrected chi connectivity index (χ1v) is 12.1. The van der Waals surface area contributed by atoms with E-state index in [0.717, 1.165) is 40.7 Å². The molecule has 1 saturated carbocycles. The number of nitrogens with one attached hydrogen (secondary N) is 1. The number of benzene rings is 3. The van der Waals surface area contributed by atoms with Crippen molar-refractivity contribution in [3.05, 3.63) is 90.0 Å². The maximum atomic E-state index is 12.6.